The zero-order valence-corrected chi connectivity index (χ0v) is 11.2. The maximum absolute atomic E-state index is 12.2. The third-order valence-electron chi connectivity index (χ3n) is 3.48. The second-order valence-corrected chi connectivity index (χ2v) is 4.81. The largest absolute Gasteiger partial charge is 0.359 e. The average Bonchev–Trinajstić information content (AvgIpc) is 3.18. The highest BCUT2D eigenvalue weighted by atomic mass is 16.5. The molecule has 0 aliphatic carbocycles. The zero-order valence-electron chi connectivity index (χ0n) is 11.2. The number of hydrogen-bond donors (Lipinski definition) is 1. The number of aromatic nitrogens is 4. The fourth-order valence-corrected chi connectivity index (χ4v) is 2.41. The van der Waals surface area contributed by atoms with Crippen LogP contribution < -0.4 is 10.5 Å². The monoisotopic (exact) mass is 283 g/mol. The molecular formula is C14H13N5O2. The van der Waals surface area contributed by atoms with Crippen molar-refractivity contribution in [2.24, 2.45) is 0 Å². The van der Waals surface area contributed by atoms with Gasteiger partial charge in [0.25, 0.3) is 5.56 Å². The molecule has 1 fully saturated rings. The summed E-state index contributed by atoms with van der Waals surface area (Å²) in [7, 11) is 0. The van der Waals surface area contributed by atoms with Crippen molar-refractivity contribution in [2.75, 3.05) is 24.8 Å². The van der Waals surface area contributed by atoms with Crippen LogP contribution in [0.25, 0.3) is 16.9 Å². The summed E-state index contributed by atoms with van der Waals surface area (Å²) < 4.78 is 7.11. The Morgan fingerprint density at radius 2 is 2.10 bits per heavy atom. The van der Waals surface area contributed by atoms with E-state index in [1.807, 2.05) is 39.8 Å². The fourth-order valence-electron chi connectivity index (χ4n) is 2.41. The number of nitrogens with one attached hydrogen (secondary N) is 1. The number of imidazole rings is 1. The first-order chi connectivity index (χ1) is 10.3. The summed E-state index contributed by atoms with van der Waals surface area (Å²) in [6, 6.07) is 9.70. The van der Waals surface area contributed by atoms with Crippen molar-refractivity contribution in [1.29, 1.82) is 0 Å². The van der Waals surface area contributed by atoms with Gasteiger partial charge in [0.15, 0.2) is 11.2 Å². The number of hydrogen-bond acceptors (Lipinski definition) is 5. The van der Waals surface area contributed by atoms with Gasteiger partial charge >= 0.3 is 0 Å². The lowest BCUT2D eigenvalue weighted by Crippen LogP contribution is -2.24. The number of rotatable bonds is 2. The molecule has 0 spiro atoms. The molecule has 21 heavy (non-hydrogen) atoms. The SMILES string of the molecule is O=c1[nH]c(N2CCOC2)nc2c1ncn2-c1ccccc1. The molecule has 7 heteroatoms. The topological polar surface area (TPSA) is 76.0 Å². The Morgan fingerprint density at radius 1 is 1.24 bits per heavy atom. The van der Waals surface area contributed by atoms with Crippen LogP contribution >= 0.6 is 0 Å². The maximum atomic E-state index is 12.2. The molecule has 1 N–H and O–H groups in total. The van der Waals surface area contributed by atoms with Gasteiger partial charge in [-0.1, -0.05) is 18.2 Å². The van der Waals surface area contributed by atoms with E-state index in [1.54, 1.807) is 6.33 Å². The summed E-state index contributed by atoms with van der Waals surface area (Å²) in [5, 5.41) is 0. The van der Waals surface area contributed by atoms with Crippen molar-refractivity contribution in [2.45, 2.75) is 0 Å². The first kappa shape index (κ1) is 12.1. The Balaban J connectivity index is 1.91. The zero-order chi connectivity index (χ0) is 14.2. The summed E-state index contributed by atoms with van der Waals surface area (Å²) in [6.07, 6.45) is 1.62. The number of para-hydroxylation sites is 1. The van der Waals surface area contributed by atoms with Crippen LogP contribution in [0.15, 0.2) is 41.5 Å². The molecular weight excluding hydrogens is 270 g/mol. The van der Waals surface area contributed by atoms with Crippen LogP contribution in [-0.2, 0) is 4.74 Å². The van der Waals surface area contributed by atoms with Crippen LogP contribution in [0, 0.1) is 0 Å². The molecule has 1 saturated heterocycles. The first-order valence-corrected chi connectivity index (χ1v) is 6.68. The summed E-state index contributed by atoms with van der Waals surface area (Å²) in [4.78, 5) is 25.5. The first-order valence-electron chi connectivity index (χ1n) is 6.68. The summed E-state index contributed by atoms with van der Waals surface area (Å²) in [6.45, 7) is 1.79. The lowest BCUT2D eigenvalue weighted by molar-refractivity contribution is 0.200. The number of aromatic amines is 1. The molecule has 1 aliphatic heterocycles. The van der Waals surface area contributed by atoms with E-state index < -0.39 is 0 Å². The number of benzene rings is 1. The van der Waals surface area contributed by atoms with Crippen molar-refractivity contribution in [1.82, 2.24) is 19.5 Å². The second-order valence-electron chi connectivity index (χ2n) is 4.81. The van der Waals surface area contributed by atoms with Crippen molar-refractivity contribution < 1.29 is 4.74 Å². The highest BCUT2D eigenvalue weighted by Crippen LogP contribution is 2.17. The molecule has 0 saturated carbocycles. The standard InChI is InChI=1S/C14H13N5O2/c20-13-11-12(16-14(17-13)18-6-7-21-9-18)19(8-15-11)10-4-2-1-3-5-10/h1-5,8H,6-7,9H2,(H,16,17,20). The molecule has 0 atom stereocenters. The van der Waals surface area contributed by atoms with E-state index in [0.717, 1.165) is 5.69 Å². The van der Waals surface area contributed by atoms with E-state index in [-0.39, 0.29) is 5.56 Å². The van der Waals surface area contributed by atoms with Crippen LogP contribution in [0.1, 0.15) is 0 Å². The van der Waals surface area contributed by atoms with Gasteiger partial charge in [0.05, 0.1) is 6.61 Å². The van der Waals surface area contributed by atoms with Gasteiger partial charge in [-0.3, -0.25) is 14.3 Å². The summed E-state index contributed by atoms with van der Waals surface area (Å²) >= 11 is 0. The lowest BCUT2D eigenvalue weighted by atomic mass is 10.3. The number of anilines is 1. The van der Waals surface area contributed by atoms with Gasteiger partial charge in [-0.05, 0) is 12.1 Å². The van der Waals surface area contributed by atoms with Crippen molar-refractivity contribution in [3.8, 4) is 5.69 Å². The van der Waals surface area contributed by atoms with E-state index in [1.165, 1.54) is 0 Å². The summed E-state index contributed by atoms with van der Waals surface area (Å²) in [5.41, 5.74) is 1.56. The highest BCUT2D eigenvalue weighted by molar-refractivity contribution is 5.73. The van der Waals surface area contributed by atoms with Gasteiger partial charge in [0.2, 0.25) is 5.95 Å². The predicted octanol–water partition coefficient (Wildman–Crippen LogP) is 0.903. The Kier molecular flexibility index (Phi) is 2.71. The van der Waals surface area contributed by atoms with Crippen LogP contribution in [0.3, 0.4) is 0 Å². The maximum Gasteiger partial charge on any atom is 0.280 e. The number of nitrogens with zero attached hydrogens (tertiary/aromatic N) is 4. The number of H-pyrrole nitrogens is 1. The van der Waals surface area contributed by atoms with Crippen LogP contribution in [0.2, 0.25) is 0 Å². The third-order valence-corrected chi connectivity index (χ3v) is 3.48. The molecule has 3 heterocycles. The second kappa shape index (κ2) is 4.71. The predicted molar refractivity (Wildman–Crippen MR) is 77.7 cm³/mol. The Labute approximate surface area is 119 Å². The quantitative estimate of drug-likeness (QED) is 0.756. The van der Waals surface area contributed by atoms with Crippen molar-refractivity contribution >= 4 is 17.1 Å². The normalized spacial score (nSPS) is 15.0. The van der Waals surface area contributed by atoms with E-state index >= 15 is 0 Å². The van der Waals surface area contributed by atoms with E-state index in [4.69, 9.17) is 4.74 Å². The average molecular weight is 283 g/mol. The van der Waals surface area contributed by atoms with Gasteiger partial charge in [0, 0.05) is 12.2 Å². The van der Waals surface area contributed by atoms with Crippen molar-refractivity contribution in [3.05, 3.63) is 47.0 Å². The van der Waals surface area contributed by atoms with Gasteiger partial charge in [-0.25, -0.2) is 4.98 Å². The molecule has 2 aromatic heterocycles. The van der Waals surface area contributed by atoms with Crippen LogP contribution in [-0.4, -0.2) is 39.4 Å². The number of ether oxygens (including phenoxy) is 1. The molecule has 7 nitrogen and oxygen atoms in total. The molecule has 0 bridgehead atoms. The van der Waals surface area contributed by atoms with Crippen LogP contribution in [0.5, 0.6) is 0 Å². The van der Waals surface area contributed by atoms with Gasteiger partial charge < -0.3 is 9.64 Å². The van der Waals surface area contributed by atoms with Crippen molar-refractivity contribution in [3.63, 3.8) is 0 Å². The van der Waals surface area contributed by atoms with E-state index in [9.17, 15) is 4.79 Å². The minimum absolute atomic E-state index is 0.239. The molecule has 0 amide bonds. The minimum Gasteiger partial charge on any atom is -0.359 e. The molecule has 0 unspecified atom stereocenters. The molecule has 1 aromatic carbocycles. The molecule has 0 radical (unpaired) electrons. The number of fused-ring (bicyclic) bond motifs is 1. The molecule has 106 valence electrons. The van der Waals surface area contributed by atoms with E-state index in [2.05, 4.69) is 15.0 Å². The fraction of sp³-hybridized carbons (Fsp3) is 0.214. The highest BCUT2D eigenvalue weighted by Gasteiger charge is 2.18. The Bertz CT molecular complexity index is 833. The third kappa shape index (κ3) is 1.98. The van der Waals surface area contributed by atoms with Gasteiger partial charge in [-0.15, -0.1) is 0 Å². The molecule has 4 rings (SSSR count). The minimum atomic E-state index is -0.239. The Morgan fingerprint density at radius 3 is 2.86 bits per heavy atom. The smallest absolute Gasteiger partial charge is 0.280 e. The Hall–Kier alpha value is -2.67. The lowest BCUT2D eigenvalue weighted by Gasteiger charge is -2.13. The van der Waals surface area contributed by atoms with E-state index in [0.29, 0.717) is 37.0 Å². The van der Waals surface area contributed by atoms with Gasteiger partial charge in [-0.2, -0.15) is 4.98 Å². The van der Waals surface area contributed by atoms with Gasteiger partial charge in [0.1, 0.15) is 13.1 Å². The summed E-state index contributed by atoms with van der Waals surface area (Å²) in [5.74, 6) is 0.516. The molecule has 1 aliphatic rings. The van der Waals surface area contributed by atoms with Crippen LogP contribution in [0.4, 0.5) is 5.95 Å². The molecule has 3 aromatic rings.